The summed E-state index contributed by atoms with van der Waals surface area (Å²) in [5, 5.41) is -0.0593. The third kappa shape index (κ3) is 4.36. The fourth-order valence-corrected chi connectivity index (χ4v) is 4.23. The Morgan fingerprint density at radius 2 is 1.67 bits per heavy atom. The van der Waals surface area contributed by atoms with Gasteiger partial charge in [-0.25, -0.2) is 0 Å². The molecule has 1 fully saturated rings. The molecule has 0 amide bonds. The Hall–Kier alpha value is -2.03. The van der Waals surface area contributed by atoms with Crippen LogP contribution in [0.25, 0.3) is 10.9 Å². The Balaban J connectivity index is 2.00. The normalized spacial score (nSPS) is 17.3. The van der Waals surface area contributed by atoms with Crippen LogP contribution < -0.4 is 5.56 Å². The Morgan fingerprint density at radius 3 is 2.17 bits per heavy atom. The highest BCUT2D eigenvalue weighted by molar-refractivity contribution is 5.85. The number of nitrogens with zero attached hydrogens (tertiary/aromatic N) is 2. The van der Waals surface area contributed by atoms with Crippen LogP contribution in [0.4, 0.5) is 26.3 Å². The van der Waals surface area contributed by atoms with Gasteiger partial charge < -0.3 is 4.57 Å². The van der Waals surface area contributed by atoms with E-state index < -0.39 is 35.3 Å². The maximum absolute atomic E-state index is 13.9. The predicted molar refractivity (Wildman–Crippen MR) is 102 cm³/mol. The van der Waals surface area contributed by atoms with Crippen molar-refractivity contribution in [3.8, 4) is 0 Å². The van der Waals surface area contributed by atoms with Crippen molar-refractivity contribution in [2.45, 2.75) is 51.5 Å². The summed E-state index contributed by atoms with van der Waals surface area (Å²) in [7, 11) is 1.44. The van der Waals surface area contributed by atoms with E-state index >= 15 is 0 Å². The minimum absolute atomic E-state index is 0.0170. The van der Waals surface area contributed by atoms with Crippen LogP contribution >= 0.6 is 0 Å². The van der Waals surface area contributed by atoms with Crippen molar-refractivity contribution in [3.63, 3.8) is 0 Å². The molecule has 2 aromatic rings. The van der Waals surface area contributed by atoms with Gasteiger partial charge in [-0.3, -0.25) is 9.69 Å². The number of pyridine rings is 1. The molecule has 3 nitrogen and oxygen atoms in total. The summed E-state index contributed by atoms with van der Waals surface area (Å²) in [5.41, 5.74) is -1.12. The number of aromatic nitrogens is 1. The first-order valence-electron chi connectivity index (χ1n) is 9.82. The molecule has 0 bridgehead atoms. The van der Waals surface area contributed by atoms with Crippen LogP contribution in [0.5, 0.6) is 0 Å². The summed E-state index contributed by atoms with van der Waals surface area (Å²) in [6.45, 7) is 3.83. The summed E-state index contributed by atoms with van der Waals surface area (Å²) < 4.78 is 81.6. The van der Waals surface area contributed by atoms with Gasteiger partial charge in [-0.15, -0.1) is 0 Å². The van der Waals surface area contributed by atoms with E-state index in [9.17, 15) is 31.1 Å². The molecular formula is C21H24F6N2O. The zero-order valence-corrected chi connectivity index (χ0v) is 17.0. The van der Waals surface area contributed by atoms with Gasteiger partial charge in [0, 0.05) is 24.5 Å². The van der Waals surface area contributed by atoms with E-state index in [-0.39, 0.29) is 48.9 Å². The van der Waals surface area contributed by atoms with Gasteiger partial charge in [0.05, 0.1) is 17.0 Å². The smallest absolute Gasteiger partial charge is 0.311 e. The molecule has 3 rings (SSSR count). The van der Waals surface area contributed by atoms with E-state index in [1.807, 2.05) is 4.90 Å². The molecule has 0 aliphatic carbocycles. The van der Waals surface area contributed by atoms with Gasteiger partial charge >= 0.3 is 12.4 Å². The van der Waals surface area contributed by atoms with Gasteiger partial charge in [-0.2, -0.15) is 26.3 Å². The van der Waals surface area contributed by atoms with Crippen LogP contribution in [0.1, 0.15) is 49.3 Å². The largest absolute Gasteiger partial charge is 0.417 e. The second-order valence-electron chi connectivity index (χ2n) is 8.25. The van der Waals surface area contributed by atoms with Crippen LogP contribution in [-0.4, -0.2) is 28.7 Å². The number of likely N-dealkylation sites (tertiary alicyclic amines) is 1. The van der Waals surface area contributed by atoms with Gasteiger partial charge in [-0.05, 0) is 49.5 Å². The van der Waals surface area contributed by atoms with Crippen molar-refractivity contribution in [2.24, 2.45) is 13.0 Å². The number of hydrogen-bond donors (Lipinski definition) is 0. The molecule has 0 N–H and O–H groups in total. The third-order valence-corrected chi connectivity index (χ3v) is 5.81. The third-order valence-electron chi connectivity index (χ3n) is 5.81. The molecule has 1 aromatic carbocycles. The molecule has 9 heteroatoms. The van der Waals surface area contributed by atoms with Crippen molar-refractivity contribution < 1.29 is 26.3 Å². The Morgan fingerprint density at radius 1 is 1.07 bits per heavy atom. The number of benzene rings is 1. The molecule has 166 valence electrons. The molecule has 1 aliphatic rings. The molecule has 30 heavy (non-hydrogen) atoms. The molecule has 2 heterocycles. The summed E-state index contributed by atoms with van der Waals surface area (Å²) in [6.07, 6.45) is -8.95. The lowest BCUT2D eigenvalue weighted by Crippen LogP contribution is -2.38. The molecule has 1 aromatic heterocycles. The number of rotatable bonds is 3. The SMILES string of the molecule is CC(C)c1c(C(F)(F)F)c2cc(CN3CCC(C(F)(F)F)CC3)ccc2n(C)c1=O. The van der Waals surface area contributed by atoms with Crippen molar-refractivity contribution in [1.82, 2.24) is 9.47 Å². The zero-order valence-electron chi connectivity index (χ0n) is 17.0. The van der Waals surface area contributed by atoms with Crippen LogP contribution in [0.15, 0.2) is 23.0 Å². The van der Waals surface area contributed by atoms with E-state index in [0.29, 0.717) is 5.56 Å². The fraction of sp³-hybridized carbons (Fsp3) is 0.571. The lowest BCUT2D eigenvalue weighted by Gasteiger charge is -2.33. The van der Waals surface area contributed by atoms with Crippen LogP contribution in [0, 0.1) is 5.92 Å². The van der Waals surface area contributed by atoms with Gasteiger partial charge in [-0.1, -0.05) is 19.9 Å². The highest BCUT2D eigenvalue weighted by Gasteiger charge is 2.41. The zero-order chi connectivity index (χ0) is 22.4. The number of fused-ring (bicyclic) bond motifs is 1. The van der Waals surface area contributed by atoms with Gasteiger partial charge in [0.1, 0.15) is 0 Å². The highest BCUT2D eigenvalue weighted by Crippen LogP contribution is 2.39. The molecular weight excluding hydrogens is 410 g/mol. The summed E-state index contributed by atoms with van der Waals surface area (Å²) >= 11 is 0. The van der Waals surface area contributed by atoms with E-state index in [1.54, 1.807) is 19.9 Å². The molecule has 0 unspecified atom stereocenters. The van der Waals surface area contributed by atoms with E-state index in [2.05, 4.69) is 0 Å². The first kappa shape index (κ1) is 22.7. The first-order chi connectivity index (χ1) is 13.8. The Kier molecular flexibility index (Phi) is 5.97. The van der Waals surface area contributed by atoms with Crippen LogP contribution in [0.2, 0.25) is 0 Å². The molecule has 1 saturated heterocycles. The average molecular weight is 434 g/mol. The van der Waals surface area contributed by atoms with Gasteiger partial charge in [0.25, 0.3) is 5.56 Å². The molecule has 0 atom stereocenters. The molecule has 1 aliphatic heterocycles. The number of alkyl halides is 6. The topological polar surface area (TPSA) is 25.2 Å². The van der Waals surface area contributed by atoms with Crippen molar-refractivity contribution in [1.29, 1.82) is 0 Å². The fourth-order valence-electron chi connectivity index (χ4n) is 4.23. The number of halogens is 6. The average Bonchev–Trinajstić information content (AvgIpc) is 2.62. The second-order valence-corrected chi connectivity index (χ2v) is 8.25. The molecule has 0 saturated carbocycles. The van der Waals surface area contributed by atoms with Crippen molar-refractivity contribution in [3.05, 3.63) is 45.2 Å². The summed E-state index contributed by atoms with van der Waals surface area (Å²) in [6, 6.07) is 4.53. The Bertz CT molecular complexity index is 982. The maximum Gasteiger partial charge on any atom is 0.417 e. The number of aryl methyl sites for hydroxylation is 1. The van der Waals surface area contributed by atoms with Gasteiger partial charge in [0.2, 0.25) is 0 Å². The number of piperidine rings is 1. The minimum atomic E-state index is -4.70. The maximum atomic E-state index is 13.9. The quantitative estimate of drug-likeness (QED) is 0.600. The standard InChI is InChI=1S/C21H24F6N2O/c1-12(2)17-18(21(25,26)27)15-10-13(4-5-16(15)28(3)19(17)30)11-29-8-6-14(7-9-29)20(22,23)24/h4-5,10,12,14H,6-9,11H2,1-3H3. The summed E-state index contributed by atoms with van der Waals surface area (Å²) in [4.78, 5) is 14.4. The van der Waals surface area contributed by atoms with Crippen LogP contribution in [-0.2, 0) is 19.8 Å². The highest BCUT2D eigenvalue weighted by atomic mass is 19.4. The Labute approximate surface area is 170 Å². The predicted octanol–water partition coefficient (Wildman–Crippen LogP) is 5.46. The lowest BCUT2D eigenvalue weighted by molar-refractivity contribution is -0.185. The van der Waals surface area contributed by atoms with Crippen molar-refractivity contribution >= 4 is 10.9 Å². The van der Waals surface area contributed by atoms with E-state index in [4.69, 9.17) is 0 Å². The van der Waals surface area contributed by atoms with Crippen molar-refractivity contribution in [2.75, 3.05) is 13.1 Å². The minimum Gasteiger partial charge on any atom is -0.311 e. The second kappa shape index (κ2) is 7.90. The van der Waals surface area contributed by atoms with E-state index in [0.717, 1.165) is 0 Å². The van der Waals surface area contributed by atoms with Gasteiger partial charge in [0.15, 0.2) is 0 Å². The van der Waals surface area contributed by atoms with Crippen LogP contribution in [0.3, 0.4) is 0 Å². The van der Waals surface area contributed by atoms with E-state index in [1.165, 1.54) is 23.7 Å². The first-order valence-corrected chi connectivity index (χ1v) is 9.82. The molecule has 0 spiro atoms. The summed E-state index contributed by atoms with van der Waals surface area (Å²) in [5.74, 6) is -1.94. The molecule has 0 radical (unpaired) electrons. The number of hydrogen-bond acceptors (Lipinski definition) is 2. The monoisotopic (exact) mass is 434 g/mol. The lowest BCUT2D eigenvalue weighted by atomic mass is 9.93.